The van der Waals surface area contributed by atoms with Crippen molar-refractivity contribution in [3.05, 3.63) is 47.0 Å². The van der Waals surface area contributed by atoms with E-state index in [1.165, 1.54) is 16.7 Å². The van der Waals surface area contributed by atoms with Gasteiger partial charge in [-0.05, 0) is 60.3 Å². The van der Waals surface area contributed by atoms with Gasteiger partial charge in [-0.3, -0.25) is 4.79 Å². The van der Waals surface area contributed by atoms with Crippen molar-refractivity contribution in [3.8, 4) is 23.0 Å². The molecule has 3 rings (SSSR count). The number of fused-ring (bicyclic) bond motifs is 1. The lowest BCUT2D eigenvalue weighted by molar-refractivity contribution is -0.136. The molecule has 0 unspecified atom stereocenters. The van der Waals surface area contributed by atoms with Crippen molar-refractivity contribution < 1.29 is 28.8 Å². The lowest BCUT2D eigenvalue weighted by Crippen LogP contribution is -2.31. The van der Waals surface area contributed by atoms with E-state index in [0.29, 0.717) is 0 Å². The molecule has 0 saturated carbocycles. The zero-order valence-electron chi connectivity index (χ0n) is 18.3. The van der Waals surface area contributed by atoms with E-state index in [1.807, 2.05) is 12.1 Å². The van der Waals surface area contributed by atoms with Gasteiger partial charge in [0.05, 0.1) is 28.4 Å². The van der Waals surface area contributed by atoms with Crippen LogP contribution in [0.15, 0.2) is 30.3 Å². The minimum atomic E-state index is -0.745. The van der Waals surface area contributed by atoms with Crippen molar-refractivity contribution in [2.75, 3.05) is 35.0 Å². The third kappa shape index (κ3) is 5.79. The maximum Gasteiger partial charge on any atom is 0.303 e. The first kappa shape index (κ1) is 23.3. The van der Waals surface area contributed by atoms with Gasteiger partial charge in [-0.2, -0.15) is 0 Å². The van der Waals surface area contributed by atoms with Gasteiger partial charge in [-0.1, -0.05) is 13.0 Å². The molecular weight excluding hydrogens is 386 g/mol. The molecule has 7 nitrogen and oxygen atoms in total. The average molecular weight is 418 g/mol. The molecule has 0 spiro atoms. The zero-order chi connectivity index (χ0) is 22.1. The molecule has 7 heteroatoms. The molecular formula is C23H31NO6. The molecule has 2 N–H and O–H groups in total. The van der Waals surface area contributed by atoms with E-state index in [0.717, 1.165) is 42.4 Å². The third-order valence-electron chi connectivity index (χ3n) is 5.00. The summed E-state index contributed by atoms with van der Waals surface area (Å²) in [5.41, 5.74) is 3.76. The van der Waals surface area contributed by atoms with Crippen LogP contribution < -0.4 is 24.3 Å². The second-order valence-corrected chi connectivity index (χ2v) is 6.80. The number of benzene rings is 2. The number of carbonyl (C=O) groups is 1. The second kappa shape index (κ2) is 11.3. The van der Waals surface area contributed by atoms with Crippen molar-refractivity contribution in [2.45, 2.75) is 32.2 Å². The normalized spacial score (nSPS) is 14.6. The molecule has 0 bridgehead atoms. The van der Waals surface area contributed by atoms with Crippen molar-refractivity contribution in [1.29, 1.82) is 0 Å². The number of hydrogen-bond acceptors (Lipinski definition) is 6. The maximum absolute atomic E-state index is 9.37. The summed E-state index contributed by atoms with van der Waals surface area (Å²) in [4.78, 5) is 9.37. The Morgan fingerprint density at radius 2 is 1.53 bits per heavy atom. The van der Waals surface area contributed by atoms with E-state index < -0.39 is 5.97 Å². The van der Waals surface area contributed by atoms with Crippen LogP contribution in [0.25, 0.3) is 0 Å². The molecule has 1 aliphatic heterocycles. The smallest absolute Gasteiger partial charge is 0.303 e. The van der Waals surface area contributed by atoms with Crippen molar-refractivity contribution in [2.24, 2.45) is 0 Å². The second-order valence-electron chi connectivity index (χ2n) is 6.80. The van der Waals surface area contributed by atoms with Gasteiger partial charge in [0.2, 0.25) is 0 Å². The molecule has 1 heterocycles. The zero-order valence-corrected chi connectivity index (χ0v) is 18.3. The van der Waals surface area contributed by atoms with Crippen molar-refractivity contribution in [3.63, 3.8) is 0 Å². The Morgan fingerprint density at radius 3 is 2.10 bits per heavy atom. The number of methoxy groups -OCH3 is 4. The molecule has 0 radical (unpaired) electrons. The van der Waals surface area contributed by atoms with Crippen molar-refractivity contribution in [1.82, 2.24) is 5.32 Å². The van der Waals surface area contributed by atoms with E-state index in [-0.39, 0.29) is 12.5 Å². The Labute approximate surface area is 177 Å². The minimum absolute atomic E-state index is 0.222. The van der Waals surface area contributed by atoms with Crippen LogP contribution in [0.2, 0.25) is 0 Å². The molecule has 164 valence electrons. The first-order chi connectivity index (χ1) is 14.5. The fourth-order valence-corrected chi connectivity index (χ4v) is 3.39. The van der Waals surface area contributed by atoms with Crippen LogP contribution in [-0.2, 0) is 17.6 Å². The minimum Gasteiger partial charge on any atom is -0.493 e. The van der Waals surface area contributed by atoms with Gasteiger partial charge in [-0.15, -0.1) is 0 Å². The van der Waals surface area contributed by atoms with E-state index in [1.54, 1.807) is 35.4 Å². The molecule has 0 fully saturated rings. The lowest BCUT2D eigenvalue weighted by Gasteiger charge is -2.28. The van der Waals surface area contributed by atoms with E-state index in [2.05, 4.69) is 23.5 Å². The van der Waals surface area contributed by atoms with Gasteiger partial charge >= 0.3 is 5.97 Å². The summed E-state index contributed by atoms with van der Waals surface area (Å²) in [7, 11) is 6.65. The molecule has 0 aromatic heterocycles. The van der Waals surface area contributed by atoms with Gasteiger partial charge in [0.15, 0.2) is 23.0 Å². The van der Waals surface area contributed by atoms with E-state index in [4.69, 9.17) is 24.1 Å². The van der Waals surface area contributed by atoms with Gasteiger partial charge in [0.25, 0.3) is 0 Å². The van der Waals surface area contributed by atoms with Crippen LogP contribution >= 0.6 is 0 Å². The predicted octanol–water partition coefficient (Wildman–Crippen LogP) is 3.63. The lowest BCUT2D eigenvalue weighted by atomic mass is 9.89. The molecule has 0 amide bonds. The summed E-state index contributed by atoms with van der Waals surface area (Å²) in [5, 5.41) is 11.3. The SMILES string of the molecule is CCC(=O)O.COc1ccc(C[C@H]2NCCc3cc(OC)c(OC)cc32)cc1OC. The summed E-state index contributed by atoms with van der Waals surface area (Å²) in [5.74, 6) is 2.30. The fourth-order valence-electron chi connectivity index (χ4n) is 3.39. The number of hydrogen-bond donors (Lipinski definition) is 2. The molecule has 30 heavy (non-hydrogen) atoms. The summed E-state index contributed by atoms with van der Waals surface area (Å²) >= 11 is 0. The highest BCUT2D eigenvalue weighted by Gasteiger charge is 2.23. The summed E-state index contributed by atoms with van der Waals surface area (Å²) < 4.78 is 21.7. The number of aliphatic carboxylic acids is 1. The Balaban J connectivity index is 0.000000575. The topological polar surface area (TPSA) is 86.3 Å². The number of carboxylic acid groups (broad SMARTS) is 1. The van der Waals surface area contributed by atoms with Crippen LogP contribution in [0, 0.1) is 0 Å². The van der Waals surface area contributed by atoms with Crippen LogP contribution in [0.5, 0.6) is 23.0 Å². The van der Waals surface area contributed by atoms with Crippen LogP contribution in [-0.4, -0.2) is 46.1 Å². The highest BCUT2D eigenvalue weighted by molar-refractivity contribution is 5.66. The van der Waals surface area contributed by atoms with E-state index >= 15 is 0 Å². The Morgan fingerprint density at radius 1 is 0.967 bits per heavy atom. The molecule has 0 aliphatic carbocycles. The van der Waals surface area contributed by atoms with Crippen LogP contribution in [0.3, 0.4) is 0 Å². The summed E-state index contributed by atoms with van der Waals surface area (Å²) in [6.07, 6.45) is 2.07. The molecule has 0 saturated heterocycles. The number of rotatable bonds is 7. The fraction of sp³-hybridized carbons (Fsp3) is 0.435. The summed E-state index contributed by atoms with van der Waals surface area (Å²) in [6.45, 7) is 2.54. The standard InChI is InChI=1S/C20H25NO4.C3H6O2/c1-22-17-6-5-13(10-18(17)23-2)9-16-15-12-20(25-4)19(24-3)11-14(15)7-8-21-16;1-2-3(4)5/h5-6,10-12,16,21H,7-9H2,1-4H3;2H2,1H3,(H,4,5)/t16-;/m1./s1. The summed E-state index contributed by atoms with van der Waals surface area (Å²) in [6, 6.07) is 10.5. The monoisotopic (exact) mass is 417 g/mol. The highest BCUT2D eigenvalue weighted by Crippen LogP contribution is 2.37. The van der Waals surface area contributed by atoms with Gasteiger partial charge in [-0.25, -0.2) is 0 Å². The third-order valence-corrected chi connectivity index (χ3v) is 5.00. The first-order valence-corrected chi connectivity index (χ1v) is 9.88. The van der Waals surface area contributed by atoms with E-state index in [9.17, 15) is 4.79 Å². The predicted molar refractivity (Wildman–Crippen MR) is 115 cm³/mol. The number of nitrogens with one attached hydrogen (secondary N) is 1. The van der Waals surface area contributed by atoms with Crippen LogP contribution in [0.1, 0.15) is 36.1 Å². The molecule has 2 aromatic carbocycles. The Bertz CT molecular complexity index is 852. The molecule has 1 aliphatic rings. The number of ether oxygens (including phenoxy) is 4. The first-order valence-electron chi connectivity index (χ1n) is 9.88. The largest absolute Gasteiger partial charge is 0.493 e. The van der Waals surface area contributed by atoms with Crippen LogP contribution in [0.4, 0.5) is 0 Å². The highest BCUT2D eigenvalue weighted by atomic mass is 16.5. The van der Waals surface area contributed by atoms with Crippen molar-refractivity contribution >= 4 is 5.97 Å². The quantitative estimate of drug-likeness (QED) is 0.711. The van der Waals surface area contributed by atoms with Gasteiger partial charge < -0.3 is 29.4 Å². The Kier molecular flexibility index (Phi) is 8.80. The number of carboxylic acids is 1. The molecule has 2 aromatic rings. The molecule has 1 atom stereocenters. The Hall–Kier alpha value is -2.93. The van der Waals surface area contributed by atoms with Gasteiger partial charge in [0.1, 0.15) is 0 Å². The maximum atomic E-state index is 9.37. The average Bonchev–Trinajstić information content (AvgIpc) is 2.78. The van der Waals surface area contributed by atoms with Gasteiger partial charge in [0, 0.05) is 12.5 Å².